The Labute approximate surface area is 189 Å². The number of H-pyrrole nitrogens is 1. The number of hydrogen-bond acceptors (Lipinski definition) is 9. The van der Waals surface area contributed by atoms with Crippen LogP contribution in [0, 0.1) is 17.8 Å². The fourth-order valence-electron chi connectivity index (χ4n) is 4.70. The lowest BCUT2D eigenvalue weighted by atomic mass is 9.69. The van der Waals surface area contributed by atoms with E-state index in [0.717, 1.165) is 32.1 Å². The molecular weight excluding hydrogens is 416 g/mol. The van der Waals surface area contributed by atoms with Gasteiger partial charge in [0.05, 0.1) is 7.98 Å². The number of fused-ring (bicyclic) bond motifs is 1. The zero-order chi connectivity index (χ0) is 24.0. The second kappa shape index (κ2) is 11.3. The predicted octanol–water partition coefficient (Wildman–Crippen LogP) is 0.526. The molecule has 1 aliphatic carbocycles. The summed E-state index contributed by atoms with van der Waals surface area (Å²) in [6.07, 6.45) is 4.14. The molecule has 1 amide bonds. The molecule has 11 nitrogen and oxygen atoms in total. The first-order valence-electron chi connectivity index (χ1n) is 11.8. The quantitative estimate of drug-likeness (QED) is 0.457. The maximum Gasteiger partial charge on any atom is 0.332 e. The summed E-state index contributed by atoms with van der Waals surface area (Å²) in [5.41, 5.74) is 0. The van der Waals surface area contributed by atoms with Crippen molar-refractivity contribution in [1.29, 1.82) is 0 Å². The molecule has 1 saturated carbocycles. The van der Waals surface area contributed by atoms with Gasteiger partial charge in [-0.15, -0.1) is 10.2 Å². The Kier molecular flexibility index (Phi) is 8.02. The molecule has 32 heavy (non-hydrogen) atoms. The summed E-state index contributed by atoms with van der Waals surface area (Å²) in [7, 11) is 0. The number of hydrogen-bond donors (Lipinski definition) is 3. The van der Waals surface area contributed by atoms with Crippen molar-refractivity contribution in [2.45, 2.75) is 77.5 Å². The molecule has 2 aliphatic rings. The summed E-state index contributed by atoms with van der Waals surface area (Å²) in [5, 5.41) is 19.6. The number of rotatable bonds is 9. The van der Waals surface area contributed by atoms with Crippen LogP contribution in [-0.2, 0) is 30.3 Å². The molecule has 0 radical (unpaired) electrons. The first kappa shape index (κ1) is 22.6. The number of carbonyl (C=O) groups excluding carboxylic acids is 3. The summed E-state index contributed by atoms with van der Waals surface area (Å²) in [6, 6.07) is -2.73. The van der Waals surface area contributed by atoms with E-state index >= 15 is 0 Å². The molecule has 0 spiro atoms. The predicted molar refractivity (Wildman–Crippen MR) is 113 cm³/mol. The molecule has 1 aromatic rings. The molecule has 1 aromatic heterocycles. The van der Waals surface area contributed by atoms with Crippen molar-refractivity contribution in [3.05, 3.63) is 5.82 Å². The standard InChI is InChI=1S/C21H34N6O5/c1-4-31-21(30)19(23-13(3)28)12(2)32-20(29)17-10-16-9-14(5-7-15(16)11-22-17)6-8-18-24-26-27-25-18/h12,14-17,19,22H,4-11H2,1-3H3,(H,23,28)(H,24,25,26,27)/t12-,14-,15+,16-,17+,19+/m1/s1/i17D. The lowest BCUT2D eigenvalue weighted by Gasteiger charge is -2.42. The van der Waals surface area contributed by atoms with E-state index in [-0.39, 0.29) is 12.5 Å². The van der Waals surface area contributed by atoms with E-state index in [1.54, 1.807) is 6.92 Å². The molecule has 3 rings (SSSR count). The summed E-state index contributed by atoms with van der Waals surface area (Å²) in [4.78, 5) is 36.7. The zero-order valence-corrected chi connectivity index (χ0v) is 18.9. The van der Waals surface area contributed by atoms with Crippen molar-refractivity contribution in [2.24, 2.45) is 17.8 Å². The van der Waals surface area contributed by atoms with Gasteiger partial charge in [0.1, 0.15) is 12.1 Å². The molecule has 2 heterocycles. The number of nitrogens with one attached hydrogen (secondary N) is 3. The molecule has 178 valence electrons. The SMILES string of the molecule is [2H][C@@]1(C(=O)O[C@H](C)[C@H](NC(C)=O)C(=O)OCC)C[C@H]2C[C@@H](CCc3nn[nH]n3)CC[C@H]2CN1. The van der Waals surface area contributed by atoms with Crippen LogP contribution < -0.4 is 10.6 Å². The van der Waals surface area contributed by atoms with Crippen LogP contribution in [0.4, 0.5) is 0 Å². The topological polar surface area (TPSA) is 148 Å². The summed E-state index contributed by atoms with van der Waals surface area (Å²) in [5.74, 6) is -0.0412. The second-order valence-corrected chi connectivity index (χ2v) is 8.67. The summed E-state index contributed by atoms with van der Waals surface area (Å²) < 4.78 is 19.3. The number of amides is 1. The van der Waals surface area contributed by atoms with Crippen LogP contribution in [0.25, 0.3) is 0 Å². The molecule has 0 bridgehead atoms. The molecule has 1 saturated heterocycles. The van der Waals surface area contributed by atoms with Crippen LogP contribution in [0.15, 0.2) is 0 Å². The van der Waals surface area contributed by atoms with Gasteiger partial charge in [0.15, 0.2) is 11.9 Å². The Morgan fingerprint density at radius 2 is 2.09 bits per heavy atom. The number of aromatic amines is 1. The number of carbonyl (C=O) groups is 3. The molecule has 3 N–H and O–H groups in total. The Balaban J connectivity index is 1.58. The minimum absolute atomic E-state index is 0.135. The maximum atomic E-state index is 13.0. The van der Waals surface area contributed by atoms with Crippen molar-refractivity contribution >= 4 is 17.8 Å². The fourth-order valence-corrected chi connectivity index (χ4v) is 4.70. The highest BCUT2D eigenvalue weighted by molar-refractivity contribution is 5.84. The Hall–Kier alpha value is -2.56. The minimum Gasteiger partial charge on any atom is -0.464 e. The normalized spacial score (nSPS) is 29.7. The molecule has 11 heteroatoms. The van der Waals surface area contributed by atoms with Crippen LogP contribution in [0.2, 0.25) is 0 Å². The van der Waals surface area contributed by atoms with E-state index < -0.39 is 36.0 Å². The van der Waals surface area contributed by atoms with Gasteiger partial charge in [-0.3, -0.25) is 9.59 Å². The summed E-state index contributed by atoms with van der Waals surface area (Å²) in [6.45, 7) is 5.14. The van der Waals surface area contributed by atoms with Gasteiger partial charge in [0.25, 0.3) is 0 Å². The molecule has 0 aromatic carbocycles. The first-order valence-corrected chi connectivity index (χ1v) is 11.3. The van der Waals surface area contributed by atoms with Crippen molar-refractivity contribution in [3.63, 3.8) is 0 Å². The number of piperidine rings is 1. The van der Waals surface area contributed by atoms with E-state index in [0.29, 0.717) is 30.6 Å². The van der Waals surface area contributed by atoms with Crippen LogP contribution in [0.5, 0.6) is 0 Å². The molecular formula is C21H34N6O5. The van der Waals surface area contributed by atoms with E-state index in [1.165, 1.54) is 13.8 Å². The largest absolute Gasteiger partial charge is 0.464 e. The Bertz CT molecular complexity index is 824. The Morgan fingerprint density at radius 3 is 2.78 bits per heavy atom. The molecule has 1 aliphatic heterocycles. The minimum atomic E-state index is -1.60. The van der Waals surface area contributed by atoms with Gasteiger partial charge in [0, 0.05) is 13.3 Å². The third-order valence-electron chi connectivity index (χ3n) is 6.37. The third-order valence-corrected chi connectivity index (χ3v) is 6.37. The highest BCUT2D eigenvalue weighted by Gasteiger charge is 2.39. The highest BCUT2D eigenvalue weighted by Crippen LogP contribution is 2.40. The number of ether oxygens (including phenoxy) is 2. The summed E-state index contributed by atoms with van der Waals surface area (Å²) >= 11 is 0. The van der Waals surface area contributed by atoms with E-state index in [2.05, 4.69) is 31.3 Å². The average Bonchev–Trinajstić information content (AvgIpc) is 3.29. The van der Waals surface area contributed by atoms with Crippen molar-refractivity contribution in [2.75, 3.05) is 13.2 Å². The van der Waals surface area contributed by atoms with Gasteiger partial charge < -0.3 is 20.1 Å². The van der Waals surface area contributed by atoms with Gasteiger partial charge in [0.2, 0.25) is 5.91 Å². The van der Waals surface area contributed by atoms with Gasteiger partial charge in [-0.1, -0.05) is 11.6 Å². The molecule has 2 fully saturated rings. The average molecular weight is 452 g/mol. The lowest BCUT2D eigenvalue weighted by Crippen LogP contribution is -2.53. The monoisotopic (exact) mass is 451 g/mol. The smallest absolute Gasteiger partial charge is 0.332 e. The number of aryl methyl sites for hydroxylation is 1. The second-order valence-electron chi connectivity index (χ2n) is 8.67. The fraction of sp³-hybridized carbons (Fsp3) is 0.810. The zero-order valence-electron chi connectivity index (χ0n) is 19.9. The third kappa shape index (κ3) is 6.47. The maximum absolute atomic E-state index is 13.0. The number of tetrazole rings is 1. The molecule has 6 atom stereocenters. The number of esters is 2. The molecule has 0 unspecified atom stereocenters. The van der Waals surface area contributed by atoms with Crippen LogP contribution in [0.1, 0.15) is 60.1 Å². The van der Waals surface area contributed by atoms with E-state index in [1.807, 2.05) is 0 Å². The lowest BCUT2D eigenvalue weighted by molar-refractivity contribution is -0.161. The van der Waals surface area contributed by atoms with Crippen molar-refractivity contribution < 1.29 is 25.2 Å². The van der Waals surface area contributed by atoms with E-state index in [9.17, 15) is 14.4 Å². The van der Waals surface area contributed by atoms with Crippen molar-refractivity contribution in [3.8, 4) is 0 Å². The highest BCUT2D eigenvalue weighted by atomic mass is 16.6. The van der Waals surface area contributed by atoms with Gasteiger partial charge >= 0.3 is 11.9 Å². The van der Waals surface area contributed by atoms with Crippen LogP contribution >= 0.6 is 0 Å². The van der Waals surface area contributed by atoms with E-state index in [4.69, 9.17) is 10.8 Å². The van der Waals surface area contributed by atoms with Crippen molar-refractivity contribution in [1.82, 2.24) is 31.3 Å². The van der Waals surface area contributed by atoms with Gasteiger partial charge in [-0.05, 0) is 63.8 Å². The first-order chi connectivity index (χ1) is 15.7. The van der Waals surface area contributed by atoms with Crippen LogP contribution in [-0.4, -0.2) is 69.8 Å². The van der Waals surface area contributed by atoms with Gasteiger partial charge in [-0.2, -0.15) is 5.21 Å². The number of aromatic nitrogens is 4. The Morgan fingerprint density at radius 1 is 1.28 bits per heavy atom. The van der Waals surface area contributed by atoms with Gasteiger partial charge in [-0.25, -0.2) is 4.79 Å². The number of nitrogens with zero attached hydrogens (tertiary/aromatic N) is 3. The van der Waals surface area contributed by atoms with Crippen LogP contribution in [0.3, 0.4) is 0 Å².